The Labute approximate surface area is 121 Å². The molecule has 2 aromatic rings. The van der Waals surface area contributed by atoms with Crippen molar-refractivity contribution in [3.63, 3.8) is 0 Å². The third-order valence-electron chi connectivity index (χ3n) is 3.33. The molecular weight excluding hydrogens is 279 g/mol. The summed E-state index contributed by atoms with van der Waals surface area (Å²) in [5.74, 6) is 0. The van der Waals surface area contributed by atoms with Gasteiger partial charge in [-0.2, -0.15) is 13.2 Å². The van der Waals surface area contributed by atoms with E-state index in [1.807, 2.05) is 13.0 Å². The van der Waals surface area contributed by atoms with Gasteiger partial charge in [0.05, 0.1) is 11.3 Å². The van der Waals surface area contributed by atoms with Gasteiger partial charge in [0, 0.05) is 12.6 Å². The number of hydrogen-bond acceptors (Lipinski definition) is 2. The Morgan fingerprint density at radius 3 is 2.38 bits per heavy atom. The molecule has 0 saturated heterocycles. The molecule has 0 aliphatic carbocycles. The number of hydrogen-bond donors (Lipinski definition) is 1. The van der Waals surface area contributed by atoms with Gasteiger partial charge in [0.2, 0.25) is 0 Å². The highest BCUT2D eigenvalue weighted by Gasteiger charge is 2.30. The van der Waals surface area contributed by atoms with Crippen LogP contribution in [0, 0.1) is 0 Å². The van der Waals surface area contributed by atoms with Crippen LogP contribution in [0.5, 0.6) is 0 Å². The molecule has 0 radical (unpaired) electrons. The van der Waals surface area contributed by atoms with Gasteiger partial charge in [-0.05, 0) is 35.7 Å². The maximum atomic E-state index is 12.5. The summed E-state index contributed by atoms with van der Waals surface area (Å²) in [5.41, 5.74) is 1.48. The molecule has 2 nitrogen and oxygen atoms in total. The van der Waals surface area contributed by atoms with Crippen LogP contribution in [0.4, 0.5) is 13.2 Å². The van der Waals surface area contributed by atoms with Gasteiger partial charge in [-0.25, -0.2) is 0 Å². The Hall–Kier alpha value is -1.88. The SMILES string of the molecule is CCc1cccnc1C(O)Cc1ccc(C(F)(F)F)cc1. The molecule has 0 aliphatic rings. The lowest BCUT2D eigenvalue weighted by Gasteiger charge is -2.14. The molecule has 1 N–H and O–H groups in total. The maximum Gasteiger partial charge on any atom is 0.416 e. The van der Waals surface area contributed by atoms with Gasteiger partial charge in [0.1, 0.15) is 6.10 Å². The zero-order valence-corrected chi connectivity index (χ0v) is 11.6. The largest absolute Gasteiger partial charge is 0.416 e. The van der Waals surface area contributed by atoms with Crippen molar-refractivity contribution in [2.24, 2.45) is 0 Å². The van der Waals surface area contributed by atoms with Crippen LogP contribution < -0.4 is 0 Å². The van der Waals surface area contributed by atoms with E-state index in [0.717, 1.165) is 24.1 Å². The van der Waals surface area contributed by atoms with Crippen LogP contribution in [-0.4, -0.2) is 10.1 Å². The summed E-state index contributed by atoms with van der Waals surface area (Å²) in [4.78, 5) is 4.17. The molecule has 2 rings (SSSR count). The lowest BCUT2D eigenvalue weighted by molar-refractivity contribution is -0.137. The Morgan fingerprint density at radius 2 is 1.81 bits per heavy atom. The molecule has 1 unspecified atom stereocenters. The van der Waals surface area contributed by atoms with Gasteiger partial charge in [-0.15, -0.1) is 0 Å². The quantitative estimate of drug-likeness (QED) is 0.926. The van der Waals surface area contributed by atoms with Crippen LogP contribution in [0.2, 0.25) is 0 Å². The molecule has 21 heavy (non-hydrogen) atoms. The zero-order valence-electron chi connectivity index (χ0n) is 11.6. The molecule has 1 atom stereocenters. The Kier molecular flexibility index (Phi) is 4.63. The molecular formula is C16H16F3NO. The summed E-state index contributed by atoms with van der Waals surface area (Å²) < 4.78 is 37.5. The summed E-state index contributed by atoms with van der Waals surface area (Å²) in [6.45, 7) is 1.96. The standard InChI is InChI=1S/C16H16F3NO/c1-2-12-4-3-9-20-15(12)14(21)10-11-5-7-13(8-6-11)16(17,18)19/h3-9,14,21H,2,10H2,1H3. The van der Waals surface area contributed by atoms with Gasteiger partial charge >= 0.3 is 6.18 Å². The molecule has 1 aromatic carbocycles. The van der Waals surface area contributed by atoms with Gasteiger partial charge in [-0.1, -0.05) is 25.1 Å². The lowest BCUT2D eigenvalue weighted by Crippen LogP contribution is -2.08. The highest BCUT2D eigenvalue weighted by molar-refractivity contribution is 5.27. The molecule has 0 aliphatic heterocycles. The predicted molar refractivity (Wildman–Crippen MR) is 73.7 cm³/mol. The van der Waals surface area contributed by atoms with E-state index in [2.05, 4.69) is 4.98 Å². The first-order chi connectivity index (χ1) is 9.91. The van der Waals surface area contributed by atoms with Gasteiger partial charge < -0.3 is 5.11 Å². The Morgan fingerprint density at radius 1 is 1.14 bits per heavy atom. The van der Waals surface area contributed by atoms with E-state index in [0.29, 0.717) is 11.3 Å². The van der Waals surface area contributed by atoms with E-state index in [9.17, 15) is 18.3 Å². The van der Waals surface area contributed by atoms with Crippen LogP contribution in [0.15, 0.2) is 42.6 Å². The third kappa shape index (κ3) is 3.82. The first-order valence-corrected chi connectivity index (χ1v) is 6.69. The smallest absolute Gasteiger partial charge is 0.386 e. The second kappa shape index (κ2) is 6.26. The zero-order chi connectivity index (χ0) is 15.5. The summed E-state index contributed by atoms with van der Waals surface area (Å²) >= 11 is 0. The number of rotatable bonds is 4. The lowest BCUT2D eigenvalue weighted by atomic mass is 10.00. The summed E-state index contributed by atoms with van der Waals surface area (Å²) in [7, 11) is 0. The van der Waals surface area contributed by atoms with Crippen LogP contribution in [-0.2, 0) is 19.0 Å². The molecule has 112 valence electrons. The third-order valence-corrected chi connectivity index (χ3v) is 3.33. The summed E-state index contributed by atoms with van der Waals surface area (Å²) in [6.07, 6.45) is -2.58. The van der Waals surface area contributed by atoms with E-state index in [4.69, 9.17) is 0 Å². The van der Waals surface area contributed by atoms with Gasteiger partial charge in [0.25, 0.3) is 0 Å². The van der Waals surface area contributed by atoms with Crippen molar-refractivity contribution >= 4 is 0 Å². The van der Waals surface area contributed by atoms with E-state index in [-0.39, 0.29) is 6.42 Å². The molecule has 0 saturated carbocycles. The minimum absolute atomic E-state index is 0.238. The van der Waals surface area contributed by atoms with E-state index in [1.54, 1.807) is 12.3 Å². The number of benzene rings is 1. The van der Waals surface area contributed by atoms with E-state index in [1.165, 1.54) is 12.1 Å². The molecule has 0 bridgehead atoms. The first-order valence-electron chi connectivity index (χ1n) is 6.69. The second-order valence-electron chi connectivity index (χ2n) is 4.82. The number of aromatic nitrogens is 1. The fraction of sp³-hybridized carbons (Fsp3) is 0.312. The molecule has 0 spiro atoms. The number of aliphatic hydroxyl groups is 1. The first kappa shape index (κ1) is 15.5. The monoisotopic (exact) mass is 295 g/mol. The second-order valence-corrected chi connectivity index (χ2v) is 4.82. The fourth-order valence-corrected chi connectivity index (χ4v) is 2.20. The van der Waals surface area contributed by atoms with Gasteiger partial charge in [-0.3, -0.25) is 4.98 Å². The molecule has 0 amide bonds. The molecule has 0 fully saturated rings. The highest BCUT2D eigenvalue weighted by atomic mass is 19.4. The average molecular weight is 295 g/mol. The number of alkyl halides is 3. The highest BCUT2D eigenvalue weighted by Crippen LogP contribution is 2.29. The number of halogens is 3. The average Bonchev–Trinajstić information content (AvgIpc) is 2.46. The minimum Gasteiger partial charge on any atom is -0.386 e. The topological polar surface area (TPSA) is 33.1 Å². The van der Waals surface area contributed by atoms with Crippen molar-refractivity contribution < 1.29 is 18.3 Å². The summed E-state index contributed by atoms with van der Waals surface area (Å²) in [5, 5.41) is 10.2. The van der Waals surface area contributed by atoms with Gasteiger partial charge in [0.15, 0.2) is 0 Å². The predicted octanol–water partition coefficient (Wildman–Crippen LogP) is 3.94. The fourth-order valence-electron chi connectivity index (χ4n) is 2.20. The van der Waals surface area contributed by atoms with Crippen LogP contribution in [0.25, 0.3) is 0 Å². The minimum atomic E-state index is -4.34. The molecule has 5 heteroatoms. The van der Waals surface area contributed by atoms with E-state index >= 15 is 0 Å². The summed E-state index contributed by atoms with van der Waals surface area (Å²) in [6, 6.07) is 8.52. The van der Waals surface area contributed by atoms with Crippen molar-refractivity contribution in [2.45, 2.75) is 32.0 Å². The number of nitrogens with zero attached hydrogens (tertiary/aromatic N) is 1. The van der Waals surface area contributed by atoms with Crippen molar-refractivity contribution in [2.75, 3.05) is 0 Å². The number of aryl methyl sites for hydroxylation is 1. The van der Waals surface area contributed by atoms with Crippen LogP contribution in [0.3, 0.4) is 0 Å². The van der Waals surface area contributed by atoms with Crippen molar-refractivity contribution in [3.05, 3.63) is 65.0 Å². The van der Waals surface area contributed by atoms with Crippen molar-refractivity contribution in [3.8, 4) is 0 Å². The maximum absolute atomic E-state index is 12.5. The Balaban J connectivity index is 2.14. The Bertz CT molecular complexity index is 593. The van der Waals surface area contributed by atoms with Crippen molar-refractivity contribution in [1.82, 2.24) is 4.98 Å². The van der Waals surface area contributed by atoms with E-state index < -0.39 is 17.8 Å². The van der Waals surface area contributed by atoms with Crippen LogP contribution in [0.1, 0.15) is 35.4 Å². The van der Waals surface area contributed by atoms with Crippen LogP contribution >= 0.6 is 0 Å². The molecule has 1 heterocycles. The molecule has 1 aromatic heterocycles. The number of pyridine rings is 1. The van der Waals surface area contributed by atoms with Crippen molar-refractivity contribution in [1.29, 1.82) is 0 Å². The normalized spacial score (nSPS) is 13.2. The number of aliphatic hydroxyl groups excluding tert-OH is 1.